The smallest absolute Gasteiger partial charge is 0.282 e. The van der Waals surface area contributed by atoms with E-state index in [2.05, 4.69) is 0 Å². The van der Waals surface area contributed by atoms with E-state index in [-0.39, 0.29) is 16.7 Å². The van der Waals surface area contributed by atoms with E-state index in [4.69, 9.17) is 5.41 Å². The first-order valence-electron chi connectivity index (χ1n) is 4.14. The van der Waals surface area contributed by atoms with Crippen molar-refractivity contribution in [2.75, 3.05) is 0 Å². The van der Waals surface area contributed by atoms with Crippen molar-refractivity contribution in [3.05, 3.63) is 45.9 Å². The van der Waals surface area contributed by atoms with Crippen LogP contribution in [0, 0.1) is 15.5 Å². The van der Waals surface area contributed by atoms with Crippen molar-refractivity contribution in [1.82, 2.24) is 4.73 Å². The molecule has 0 aliphatic rings. The van der Waals surface area contributed by atoms with Gasteiger partial charge in [0, 0.05) is 0 Å². The Morgan fingerprint density at radius 2 is 2.07 bits per heavy atom. The first-order valence-corrected chi connectivity index (χ1v) is 4.14. The van der Waals surface area contributed by atoms with E-state index in [1.807, 2.05) is 0 Å². The molecule has 6 nitrogen and oxygen atoms in total. The second-order valence-corrected chi connectivity index (χ2v) is 3.00. The SMILES string of the molecule is N=c1cc([N+](=O)[O-])c2ccccc2n1O. The van der Waals surface area contributed by atoms with Gasteiger partial charge in [0.05, 0.1) is 21.9 Å². The molecule has 0 radical (unpaired) electrons. The molecule has 1 aromatic carbocycles. The Balaban J connectivity index is 3.01. The van der Waals surface area contributed by atoms with Gasteiger partial charge in [0.1, 0.15) is 0 Å². The van der Waals surface area contributed by atoms with Crippen LogP contribution in [-0.2, 0) is 0 Å². The normalized spacial score (nSPS) is 10.4. The van der Waals surface area contributed by atoms with Crippen LogP contribution in [-0.4, -0.2) is 14.9 Å². The van der Waals surface area contributed by atoms with E-state index in [0.717, 1.165) is 6.07 Å². The van der Waals surface area contributed by atoms with Crippen LogP contribution in [0.1, 0.15) is 0 Å². The summed E-state index contributed by atoms with van der Waals surface area (Å²) in [7, 11) is 0. The summed E-state index contributed by atoms with van der Waals surface area (Å²) in [5.74, 6) is 0. The quantitative estimate of drug-likeness (QED) is 0.417. The second-order valence-electron chi connectivity index (χ2n) is 3.00. The van der Waals surface area contributed by atoms with Crippen molar-refractivity contribution in [3.63, 3.8) is 0 Å². The second kappa shape index (κ2) is 3.09. The topological polar surface area (TPSA) is 92.1 Å². The maximum Gasteiger partial charge on any atom is 0.282 e. The molecule has 2 aromatic rings. The van der Waals surface area contributed by atoms with Gasteiger partial charge in [-0.15, -0.1) is 0 Å². The summed E-state index contributed by atoms with van der Waals surface area (Å²) < 4.78 is 0.613. The molecule has 76 valence electrons. The predicted molar refractivity (Wildman–Crippen MR) is 51.6 cm³/mol. The zero-order valence-corrected chi connectivity index (χ0v) is 7.54. The summed E-state index contributed by atoms with van der Waals surface area (Å²) in [5.41, 5.74) is -0.252. The van der Waals surface area contributed by atoms with Gasteiger partial charge in [-0.05, 0) is 12.1 Å². The van der Waals surface area contributed by atoms with Crippen LogP contribution in [0.3, 0.4) is 0 Å². The molecule has 0 saturated carbocycles. The van der Waals surface area contributed by atoms with Gasteiger partial charge in [-0.25, -0.2) is 0 Å². The van der Waals surface area contributed by atoms with Crippen LogP contribution >= 0.6 is 0 Å². The van der Waals surface area contributed by atoms with Crippen molar-refractivity contribution in [1.29, 1.82) is 5.41 Å². The lowest BCUT2D eigenvalue weighted by molar-refractivity contribution is -0.383. The fourth-order valence-electron chi connectivity index (χ4n) is 1.42. The highest BCUT2D eigenvalue weighted by atomic mass is 16.6. The molecule has 1 aromatic heterocycles. The van der Waals surface area contributed by atoms with Gasteiger partial charge in [-0.3, -0.25) is 15.5 Å². The van der Waals surface area contributed by atoms with Crippen molar-refractivity contribution in [3.8, 4) is 0 Å². The molecule has 0 atom stereocenters. The number of hydrogen-bond acceptors (Lipinski definition) is 4. The standard InChI is InChI=1S/C9H7N3O3/c10-9-5-8(12(14)15)6-3-1-2-4-7(6)11(9)13/h1-5,10,13H. The molecule has 2 N–H and O–H groups in total. The fraction of sp³-hybridized carbons (Fsp3) is 0. The van der Waals surface area contributed by atoms with Crippen LogP contribution in [0.2, 0.25) is 0 Å². The van der Waals surface area contributed by atoms with E-state index in [0.29, 0.717) is 10.1 Å². The van der Waals surface area contributed by atoms with Crippen LogP contribution in [0.25, 0.3) is 10.9 Å². The van der Waals surface area contributed by atoms with Crippen molar-refractivity contribution < 1.29 is 10.1 Å². The van der Waals surface area contributed by atoms with Crippen molar-refractivity contribution >= 4 is 16.6 Å². The van der Waals surface area contributed by atoms with Crippen LogP contribution in [0.4, 0.5) is 5.69 Å². The highest BCUT2D eigenvalue weighted by molar-refractivity contribution is 5.87. The summed E-state index contributed by atoms with van der Waals surface area (Å²) in [5, 5.41) is 27.8. The molecule has 6 heteroatoms. The fourth-order valence-corrected chi connectivity index (χ4v) is 1.42. The van der Waals surface area contributed by atoms with E-state index < -0.39 is 4.92 Å². The minimum atomic E-state index is -0.569. The summed E-state index contributed by atoms with van der Waals surface area (Å²) in [6, 6.07) is 7.33. The summed E-state index contributed by atoms with van der Waals surface area (Å²) in [6.45, 7) is 0. The van der Waals surface area contributed by atoms with Crippen molar-refractivity contribution in [2.24, 2.45) is 0 Å². The lowest BCUT2D eigenvalue weighted by Gasteiger charge is -2.03. The molecule has 2 rings (SSSR count). The van der Waals surface area contributed by atoms with Gasteiger partial charge in [-0.2, -0.15) is 4.73 Å². The average molecular weight is 205 g/mol. The number of nitrogens with zero attached hydrogens (tertiary/aromatic N) is 2. The lowest BCUT2D eigenvalue weighted by Crippen LogP contribution is -2.17. The monoisotopic (exact) mass is 205 g/mol. The first-order chi connectivity index (χ1) is 7.11. The van der Waals surface area contributed by atoms with Crippen LogP contribution < -0.4 is 5.49 Å². The lowest BCUT2D eigenvalue weighted by atomic mass is 10.2. The third kappa shape index (κ3) is 1.32. The molecule has 0 unspecified atom stereocenters. The molecule has 1 heterocycles. The Labute approximate surface area is 83.6 Å². The zero-order chi connectivity index (χ0) is 11.0. The van der Waals surface area contributed by atoms with Gasteiger partial charge in [0.25, 0.3) is 5.69 Å². The molecular weight excluding hydrogens is 198 g/mol. The van der Waals surface area contributed by atoms with Crippen molar-refractivity contribution in [2.45, 2.75) is 0 Å². The third-order valence-corrected chi connectivity index (χ3v) is 2.11. The molecule has 0 amide bonds. The number of aromatic nitrogens is 1. The first kappa shape index (κ1) is 9.20. The molecule has 0 aliphatic carbocycles. The van der Waals surface area contributed by atoms with Gasteiger partial charge in [-0.1, -0.05) is 12.1 Å². The number of rotatable bonds is 1. The Hall–Kier alpha value is -2.37. The largest absolute Gasteiger partial charge is 0.426 e. The minimum absolute atomic E-state index is 0.180. The van der Waals surface area contributed by atoms with Crippen LogP contribution in [0.5, 0.6) is 0 Å². The maximum absolute atomic E-state index is 10.7. The van der Waals surface area contributed by atoms with Gasteiger partial charge in [0.2, 0.25) is 0 Å². The van der Waals surface area contributed by atoms with E-state index in [1.165, 1.54) is 12.1 Å². The minimum Gasteiger partial charge on any atom is -0.426 e. The molecule has 0 bridgehead atoms. The molecule has 0 aliphatic heterocycles. The number of benzene rings is 1. The maximum atomic E-state index is 10.7. The highest BCUT2D eigenvalue weighted by Gasteiger charge is 2.14. The summed E-state index contributed by atoms with van der Waals surface area (Å²) in [6.07, 6.45) is 0. The Bertz CT molecular complexity index is 603. The Morgan fingerprint density at radius 3 is 2.73 bits per heavy atom. The Morgan fingerprint density at radius 1 is 1.40 bits per heavy atom. The summed E-state index contributed by atoms with van der Waals surface area (Å²) >= 11 is 0. The molecule has 0 spiro atoms. The Kier molecular flexibility index (Phi) is 1.89. The molecular formula is C9H7N3O3. The van der Waals surface area contributed by atoms with E-state index in [9.17, 15) is 15.3 Å². The molecule has 0 fully saturated rings. The van der Waals surface area contributed by atoms with Gasteiger partial charge < -0.3 is 5.21 Å². The molecule has 15 heavy (non-hydrogen) atoms. The average Bonchev–Trinajstić information content (AvgIpc) is 2.23. The number of nitrogens with one attached hydrogen (secondary N) is 1. The zero-order valence-electron chi connectivity index (χ0n) is 7.54. The number of hydrogen-bond donors (Lipinski definition) is 2. The highest BCUT2D eigenvalue weighted by Crippen LogP contribution is 2.22. The van der Waals surface area contributed by atoms with Gasteiger partial charge >= 0.3 is 0 Å². The van der Waals surface area contributed by atoms with E-state index in [1.54, 1.807) is 12.1 Å². The number of fused-ring (bicyclic) bond motifs is 1. The number of nitro groups is 1. The third-order valence-electron chi connectivity index (χ3n) is 2.11. The number of para-hydroxylation sites is 1. The van der Waals surface area contributed by atoms with Gasteiger partial charge in [0.15, 0.2) is 5.49 Å². The summed E-state index contributed by atoms with van der Waals surface area (Å²) in [4.78, 5) is 10.1. The molecule has 0 saturated heterocycles. The van der Waals surface area contributed by atoms with E-state index >= 15 is 0 Å². The predicted octanol–water partition coefficient (Wildman–Crippen LogP) is 1.27. The number of pyridine rings is 1. The van der Waals surface area contributed by atoms with Crippen LogP contribution in [0.15, 0.2) is 30.3 Å².